The number of carbonyl (C=O) groups is 11. The van der Waals surface area contributed by atoms with Gasteiger partial charge in [0.05, 0.1) is 0 Å². The van der Waals surface area contributed by atoms with Crippen molar-refractivity contribution in [1.29, 1.82) is 0 Å². The van der Waals surface area contributed by atoms with Crippen LogP contribution < -0.4 is 0 Å². The second-order valence-electron chi connectivity index (χ2n) is 14.9. The van der Waals surface area contributed by atoms with Crippen molar-refractivity contribution in [2.24, 2.45) is 0 Å². The van der Waals surface area contributed by atoms with Crippen LogP contribution in [0.3, 0.4) is 0 Å². The van der Waals surface area contributed by atoms with Crippen LogP contribution in [0.2, 0.25) is 0 Å². The molecule has 3 aliphatic rings. The fourth-order valence-corrected chi connectivity index (χ4v) is 7.01. The lowest BCUT2D eigenvalue weighted by atomic mass is 9.95. The molecule has 0 aromatic heterocycles. The van der Waals surface area contributed by atoms with E-state index in [4.69, 9.17) is 75.8 Å². The number of ether oxygens (including phenoxy) is 16. The Morgan fingerprint density at radius 3 is 0.821 bits per heavy atom. The molecule has 0 amide bonds. The molecule has 3 heterocycles. The third-order valence-corrected chi connectivity index (χ3v) is 9.11. The Morgan fingerprint density at radius 1 is 0.269 bits per heavy atom. The first-order valence-corrected chi connectivity index (χ1v) is 20.3. The molecular formula is C40H54O27. The molecule has 0 radical (unpaired) electrons. The monoisotopic (exact) mass is 966 g/mol. The summed E-state index contributed by atoms with van der Waals surface area (Å²) in [7, 11) is 0. The highest BCUT2D eigenvalue weighted by molar-refractivity contribution is 5.70. The fraction of sp³-hybridized carbons (Fsp3) is 0.725. The Bertz CT molecular complexity index is 1850. The molecule has 376 valence electrons. The third kappa shape index (κ3) is 17.0. The van der Waals surface area contributed by atoms with Crippen LogP contribution in [0.5, 0.6) is 0 Å². The molecule has 3 fully saturated rings. The molecule has 0 aromatic carbocycles. The zero-order valence-corrected chi connectivity index (χ0v) is 38.3. The summed E-state index contributed by atoms with van der Waals surface area (Å²) >= 11 is 0. The van der Waals surface area contributed by atoms with E-state index in [0.717, 1.165) is 76.2 Å². The summed E-state index contributed by atoms with van der Waals surface area (Å²) in [5.41, 5.74) is 0. The van der Waals surface area contributed by atoms with Gasteiger partial charge in [0, 0.05) is 76.2 Å². The average molecular weight is 967 g/mol. The molecule has 0 aromatic rings. The highest BCUT2D eigenvalue weighted by Crippen LogP contribution is 2.38. The lowest BCUT2D eigenvalue weighted by Crippen LogP contribution is -2.69. The predicted octanol–water partition coefficient (Wildman–Crippen LogP) is -1.29. The maximum atomic E-state index is 13.0. The average Bonchev–Trinajstić information content (AvgIpc) is 3.17. The Hall–Kier alpha value is -6.03. The third-order valence-electron chi connectivity index (χ3n) is 9.11. The van der Waals surface area contributed by atoms with Gasteiger partial charge in [0.2, 0.25) is 6.29 Å². The highest BCUT2D eigenvalue weighted by Gasteiger charge is 2.60. The number of hydrogen-bond acceptors (Lipinski definition) is 27. The van der Waals surface area contributed by atoms with Crippen LogP contribution in [0.4, 0.5) is 0 Å². The second-order valence-corrected chi connectivity index (χ2v) is 14.9. The number of rotatable bonds is 18. The van der Waals surface area contributed by atoms with Crippen LogP contribution in [-0.4, -0.2) is 178 Å². The quantitative estimate of drug-likeness (QED) is 0.114. The van der Waals surface area contributed by atoms with Crippen molar-refractivity contribution in [3.05, 3.63) is 0 Å². The molecular weight excluding hydrogens is 912 g/mol. The summed E-state index contributed by atoms with van der Waals surface area (Å²) in [6.45, 7) is 8.56. The fourth-order valence-electron chi connectivity index (χ4n) is 7.01. The topological polar surface area (TPSA) is 335 Å². The zero-order valence-electron chi connectivity index (χ0n) is 38.3. The van der Waals surface area contributed by atoms with Crippen molar-refractivity contribution in [1.82, 2.24) is 0 Å². The first-order chi connectivity index (χ1) is 31.3. The Balaban J connectivity index is 2.36. The molecule has 6 unspecified atom stereocenters. The summed E-state index contributed by atoms with van der Waals surface area (Å²) < 4.78 is 90.6. The van der Waals surface area contributed by atoms with E-state index >= 15 is 0 Å². The first kappa shape index (κ1) is 55.3. The van der Waals surface area contributed by atoms with Gasteiger partial charge < -0.3 is 75.8 Å². The van der Waals surface area contributed by atoms with Gasteiger partial charge in [0.15, 0.2) is 61.4 Å². The molecule has 3 aliphatic heterocycles. The van der Waals surface area contributed by atoms with Crippen molar-refractivity contribution >= 4 is 65.7 Å². The number of hydrogen-bond donors (Lipinski definition) is 0. The van der Waals surface area contributed by atoms with E-state index in [-0.39, 0.29) is 0 Å². The number of esters is 11. The van der Waals surface area contributed by atoms with Gasteiger partial charge in [-0.05, 0) is 0 Å². The summed E-state index contributed by atoms with van der Waals surface area (Å²) in [6, 6.07) is 0. The molecule has 0 saturated carbocycles. The van der Waals surface area contributed by atoms with E-state index in [9.17, 15) is 52.7 Å². The van der Waals surface area contributed by atoms with E-state index in [2.05, 4.69) is 0 Å². The summed E-state index contributed by atoms with van der Waals surface area (Å²) in [4.78, 5) is 137. The minimum Gasteiger partial charge on any atom is -0.463 e. The Kier molecular flexibility index (Phi) is 20.8. The smallest absolute Gasteiger partial charge is 0.305 e. The van der Waals surface area contributed by atoms with E-state index < -0.39 is 178 Å². The maximum absolute atomic E-state index is 13.0. The molecule has 27 heteroatoms. The van der Waals surface area contributed by atoms with Crippen LogP contribution in [0, 0.1) is 0 Å². The molecule has 0 N–H and O–H groups in total. The van der Waals surface area contributed by atoms with E-state index in [1.807, 2.05) is 0 Å². The van der Waals surface area contributed by atoms with Crippen LogP contribution in [0.25, 0.3) is 0 Å². The lowest BCUT2D eigenvalue weighted by Gasteiger charge is -2.50. The summed E-state index contributed by atoms with van der Waals surface area (Å²) in [5.74, 6) is -10.7. The van der Waals surface area contributed by atoms with Crippen LogP contribution in [0.1, 0.15) is 76.2 Å². The van der Waals surface area contributed by atoms with Gasteiger partial charge in [-0.3, -0.25) is 52.7 Å². The van der Waals surface area contributed by atoms with Crippen molar-refractivity contribution in [2.75, 3.05) is 19.8 Å². The molecule has 0 aliphatic carbocycles. The predicted molar refractivity (Wildman–Crippen MR) is 206 cm³/mol. The van der Waals surface area contributed by atoms with Gasteiger partial charge in [-0.25, -0.2) is 0 Å². The summed E-state index contributed by atoms with van der Waals surface area (Å²) in [6.07, 6.45) is -27.8. The molecule has 0 spiro atoms. The minimum absolute atomic E-state index is 0.661. The molecule has 3 rings (SSSR count). The summed E-state index contributed by atoms with van der Waals surface area (Å²) in [5, 5.41) is 0. The molecule has 3 saturated heterocycles. The van der Waals surface area contributed by atoms with Gasteiger partial charge in [-0.1, -0.05) is 0 Å². The van der Waals surface area contributed by atoms with Gasteiger partial charge in [0.1, 0.15) is 44.2 Å². The van der Waals surface area contributed by atoms with Crippen molar-refractivity contribution in [3.63, 3.8) is 0 Å². The lowest BCUT2D eigenvalue weighted by molar-refractivity contribution is -0.383. The van der Waals surface area contributed by atoms with Crippen LogP contribution >= 0.6 is 0 Å². The van der Waals surface area contributed by atoms with Crippen LogP contribution in [-0.2, 0) is 129 Å². The normalized spacial score (nSPS) is 31.2. The van der Waals surface area contributed by atoms with Crippen molar-refractivity contribution in [3.8, 4) is 0 Å². The molecule has 27 nitrogen and oxygen atoms in total. The van der Waals surface area contributed by atoms with Crippen molar-refractivity contribution < 1.29 is 129 Å². The Labute approximate surface area is 382 Å². The number of carbonyl (C=O) groups excluding carboxylic acids is 11. The standard InChI is InChI=1S/C40H54O27/c1-15(41)52-12-26-30(56-19(5)45)33(59-22(8)48)37(38(63-26)62-25(11)51)67-40-36(61-24(10)50)34(31(57-20(6)46)28(65-40)14-54-17(3)43)66-39-35(60-23(9)49)32(58-21(7)47)29(55-18(4)44)27(64-39)13-53-16(2)42/h26-40H,12-14H2,1-11H3/t26?,27?,28?,29-,30-,31-,32+,33+,34+,35?,36?,37?,38+,39-,40-/m1/s1. The highest BCUT2D eigenvalue weighted by atomic mass is 16.8. The Morgan fingerprint density at radius 2 is 0.507 bits per heavy atom. The van der Waals surface area contributed by atoms with E-state index in [0.29, 0.717) is 0 Å². The second kappa shape index (κ2) is 25.2. The van der Waals surface area contributed by atoms with Gasteiger partial charge in [0.25, 0.3) is 0 Å². The van der Waals surface area contributed by atoms with Gasteiger partial charge in [-0.2, -0.15) is 0 Å². The zero-order chi connectivity index (χ0) is 50.4. The van der Waals surface area contributed by atoms with Gasteiger partial charge >= 0.3 is 65.7 Å². The molecule has 0 bridgehead atoms. The first-order valence-electron chi connectivity index (χ1n) is 20.3. The SMILES string of the molecule is CC(=O)OCC1O[C@H](O[C@@H]2C(OC(C)=O)[C@@H](OC3[C@@H](OC(C)=O)OC(COC(C)=O)[C@@H](OC(C)=O)[C@@H]3OC(C)=O)OC(COC(C)=O)[C@H]2OC(C)=O)C(OC(C)=O)[C@@H](OC(C)=O)[C@@H]1OC(C)=O. The van der Waals surface area contributed by atoms with Gasteiger partial charge in [-0.15, -0.1) is 0 Å². The maximum Gasteiger partial charge on any atom is 0.305 e. The van der Waals surface area contributed by atoms with E-state index in [1.165, 1.54) is 0 Å². The van der Waals surface area contributed by atoms with Crippen LogP contribution in [0.15, 0.2) is 0 Å². The minimum atomic E-state index is -2.13. The molecule has 15 atom stereocenters. The molecule has 67 heavy (non-hydrogen) atoms. The van der Waals surface area contributed by atoms with E-state index in [1.54, 1.807) is 0 Å². The van der Waals surface area contributed by atoms with Crippen molar-refractivity contribution in [2.45, 2.75) is 168 Å². The largest absolute Gasteiger partial charge is 0.463 e.